The first-order valence-corrected chi connectivity index (χ1v) is 11.3. The van der Waals surface area contributed by atoms with Gasteiger partial charge in [-0.15, -0.1) is 0 Å². The molecular weight excluding hydrogens is 516 g/mol. The summed E-state index contributed by atoms with van der Waals surface area (Å²) in [7, 11) is 2.87. The molecule has 0 saturated carbocycles. The number of non-ortho nitro benzene ring substituents is 1. The fraction of sp³-hybridized carbons (Fsp3) is 0.0741. The molecule has 0 atom stereocenters. The fourth-order valence-electron chi connectivity index (χ4n) is 3.44. The van der Waals surface area contributed by atoms with Crippen LogP contribution in [-0.2, 0) is 14.3 Å². The number of rotatable bonds is 8. The Balaban J connectivity index is 1.52. The van der Waals surface area contributed by atoms with Crippen LogP contribution in [0, 0.1) is 10.1 Å². The van der Waals surface area contributed by atoms with Crippen molar-refractivity contribution in [2.45, 2.75) is 0 Å². The summed E-state index contributed by atoms with van der Waals surface area (Å²) in [6.45, 7) is 0. The molecule has 0 bridgehead atoms. The number of hydrogen-bond acceptors (Lipinski definition) is 9. The van der Waals surface area contributed by atoms with Crippen LogP contribution in [0.5, 0.6) is 17.2 Å². The van der Waals surface area contributed by atoms with Crippen LogP contribution in [0.25, 0.3) is 12.2 Å². The van der Waals surface area contributed by atoms with Crippen LogP contribution < -0.4 is 14.2 Å². The molecule has 0 unspecified atom stereocenters. The number of carbonyl (C=O) groups is 2. The molecule has 10 nitrogen and oxygen atoms in total. The van der Waals surface area contributed by atoms with Crippen molar-refractivity contribution < 1.29 is 33.5 Å². The molecule has 1 heterocycles. The fourth-order valence-corrected chi connectivity index (χ4v) is 3.61. The zero-order valence-electron chi connectivity index (χ0n) is 20.0. The lowest BCUT2D eigenvalue weighted by Crippen LogP contribution is -2.07. The van der Waals surface area contributed by atoms with Crippen molar-refractivity contribution in [1.82, 2.24) is 0 Å². The monoisotopic (exact) mass is 534 g/mol. The van der Waals surface area contributed by atoms with Crippen molar-refractivity contribution in [3.05, 3.63) is 104 Å². The van der Waals surface area contributed by atoms with Crippen LogP contribution in [-0.4, -0.2) is 37.0 Å². The van der Waals surface area contributed by atoms with E-state index in [2.05, 4.69) is 4.99 Å². The SMILES string of the molecule is COc1cc(/C=C2\N=C(c3cc(Cl)ccc3OC)OC2=O)ccc1OC(=O)/C=C/c1cccc([N+](=O)[O-])c1. The minimum atomic E-state index is -0.718. The van der Waals surface area contributed by atoms with E-state index in [0.717, 1.165) is 6.08 Å². The van der Waals surface area contributed by atoms with Crippen molar-refractivity contribution in [2.75, 3.05) is 14.2 Å². The van der Waals surface area contributed by atoms with Crippen molar-refractivity contribution in [2.24, 2.45) is 4.99 Å². The zero-order valence-corrected chi connectivity index (χ0v) is 20.8. The second-order valence-electron chi connectivity index (χ2n) is 7.70. The second kappa shape index (κ2) is 11.4. The van der Waals surface area contributed by atoms with Crippen LogP contribution in [0.15, 0.2) is 77.4 Å². The van der Waals surface area contributed by atoms with Crippen molar-refractivity contribution >= 4 is 47.3 Å². The van der Waals surface area contributed by atoms with Gasteiger partial charge in [-0.05, 0) is 53.6 Å². The molecule has 0 radical (unpaired) electrons. The van der Waals surface area contributed by atoms with E-state index in [1.807, 2.05) is 0 Å². The predicted octanol–water partition coefficient (Wildman–Crippen LogP) is 5.23. The number of nitro groups is 1. The molecular formula is C27H19ClN2O8. The summed E-state index contributed by atoms with van der Waals surface area (Å²) in [6.07, 6.45) is 4.03. The summed E-state index contributed by atoms with van der Waals surface area (Å²) in [6, 6.07) is 15.3. The molecule has 1 aliphatic heterocycles. The Labute approximate surface area is 221 Å². The van der Waals surface area contributed by atoms with Crippen LogP contribution >= 0.6 is 11.6 Å². The van der Waals surface area contributed by atoms with Gasteiger partial charge in [0.05, 0.1) is 24.7 Å². The van der Waals surface area contributed by atoms with Gasteiger partial charge in [0, 0.05) is 23.2 Å². The van der Waals surface area contributed by atoms with Crippen molar-refractivity contribution in [3.63, 3.8) is 0 Å². The zero-order chi connectivity index (χ0) is 27.2. The van der Waals surface area contributed by atoms with Gasteiger partial charge in [0.2, 0.25) is 5.90 Å². The number of benzene rings is 3. The number of hydrogen-bond donors (Lipinski definition) is 0. The van der Waals surface area contributed by atoms with E-state index in [1.165, 1.54) is 50.6 Å². The Hall–Kier alpha value is -4.96. The Kier molecular flexibility index (Phi) is 7.83. The highest BCUT2D eigenvalue weighted by Crippen LogP contribution is 2.31. The molecule has 0 aromatic heterocycles. The van der Waals surface area contributed by atoms with Gasteiger partial charge in [-0.25, -0.2) is 14.6 Å². The van der Waals surface area contributed by atoms with Gasteiger partial charge in [-0.2, -0.15) is 0 Å². The van der Waals surface area contributed by atoms with Crippen molar-refractivity contribution in [1.29, 1.82) is 0 Å². The number of ether oxygens (including phenoxy) is 4. The first-order valence-electron chi connectivity index (χ1n) is 11.0. The molecule has 0 N–H and O–H groups in total. The normalized spacial score (nSPS) is 13.8. The summed E-state index contributed by atoms with van der Waals surface area (Å²) in [5.74, 6) is -0.537. The third-order valence-corrected chi connectivity index (χ3v) is 5.44. The van der Waals surface area contributed by atoms with Gasteiger partial charge in [0.25, 0.3) is 5.69 Å². The number of halogens is 1. The average molecular weight is 535 g/mol. The number of esters is 2. The molecule has 38 heavy (non-hydrogen) atoms. The molecule has 0 saturated heterocycles. The van der Waals surface area contributed by atoms with E-state index >= 15 is 0 Å². The average Bonchev–Trinajstić information content (AvgIpc) is 3.28. The summed E-state index contributed by atoms with van der Waals surface area (Å²) in [5.41, 5.74) is 1.36. The highest BCUT2D eigenvalue weighted by atomic mass is 35.5. The Morgan fingerprint density at radius 3 is 2.50 bits per heavy atom. The van der Waals surface area contributed by atoms with Crippen LogP contribution in [0.1, 0.15) is 16.7 Å². The third-order valence-electron chi connectivity index (χ3n) is 5.21. The molecule has 1 aliphatic rings. The number of nitrogens with zero attached hydrogens (tertiary/aromatic N) is 2. The van der Waals surface area contributed by atoms with Crippen LogP contribution in [0.3, 0.4) is 0 Å². The minimum absolute atomic E-state index is 0.0358. The summed E-state index contributed by atoms with van der Waals surface area (Å²) >= 11 is 6.06. The molecule has 0 aliphatic carbocycles. The van der Waals surface area contributed by atoms with Gasteiger partial charge >= 0.3 is 11.9 Å². The molecule has 192 valence electrons. The van der Waals surface area contributed by atoms with E-state index in [4.69, 9.17) is 30.5 Å². The lowest BCUT2D eigenvalue weighted by atomic mass is 10.1. The Morgan fingerprint density at radius 2 is 1.76 bits per heavy atom. The molecule has 0 amide bonds. The van der Waals surface area contributed by atoms with Gasteiger partial charge in [-0.1, -0.05) is 29.8 Å². The summed E-state index contributed by atoms with van der Waals surface area (Å²) in [4.78, 5) is 39.4. The van der Waals surface area contributed by atoms with Crippen LogP contribution in [0.2, 0.25) is 5.02 Å². The quantitative estimate of drug-likeness (QED) is 0.126. The van der Waals surface area contributed by atoms with E-state index in [9.17, 15) is 19.7 Å². The molecule has 0 fully saturated rings. The highest BCUT2D eigenvalue weighted by Gasteiger charge is 2.26. The van der Waals surface area contributed by atoms with E-state index < -0.39 is 16.9 Å². The maximum atomic E-state index is 12.4. The van der Waals surface area contributed by atoms with E-state index in [1.54, 1.807) is 36.4 Å². The van der Waals surface area contributed by atoms with Gasteiger partial charge in [0.15, 0.2) is 17.2 Å². The van der Waals surface area contributed by atoms with E-state index in [-0.39, 0.29) is 28.8 Å². The molecule has 11 heteroatoms. The Morgan fingerprint density at radius 1 is 1.00 bits per heavy atom. The number of cyclic esters (lactones) is 1. The molecule has 4 rings (SSSR count). The largest absolute Gasteiger partial charge is 0.496 e. The standard InChI is InChI=1S/C27H19ClN2O8/c1-35-22-10-8-18(28)15-20(22)26-29-21(27(32)38-26)13-17-6-9-23(24(14-17)36-2)37-25(31)11-7-16-4-3-5-19(12-16)30(33)34/h3-15H,1-2H3/b11-7+,21-13-. The van der Waals surface area contributed by atoms with E-state index in [0.29, 0.717) is 27.5 Å². The highest BCUT2D eigenvalue weighted by molar-refractivity contribution is 6.31. The summed E-state index contributed by atoms with van der Waals surface area (Å²) in [5, 5.41) is 11.3. The molecule has 3 aromatic carbocycles. The summed E-state index contributed by atoms with van der Waals surface area (Å²) < 4.78 is 21.3. The topological polar surface area (TPSA) is 127 Å². The van der Waals surface area contributed by atoms with Gasteiger partial charge in [0.1, 0.15) is 5.75 Å². The first kappa shape index (κ1) is 26.1. The smallest absolute Gasteiger partial charge is 0.363 e. The number of carbonyl (C=O) groups excluding carboxylic acids is 2. The third kappa shape index (κ3) is 6.05. The predicted molar refractivity (Wildman–Crippen MR) is 139 cm³/mol. The maximum absolute atomic E-state index is 12.4. The lowest BCUT2D eigenvalue weighted by Gasteiger charge is -2.08. The van der Waals surface area contributed by atoms with Crippen LogP contribution in [0.4, 0.5) is 5.69 Å². The maximum Gasteiger partial charge on any atom is 0.363 e. The second-order valence-corrected chi connectivity index (χ2v) is 8.13. The Bertz CT molecular complexity index is 1530. The van der Waals surface area contributed by atoms with Gasteiger partial charge < -0.3 is 18.9 Å². The van der Waals surface area contributed by atoms with Crippen molar-refractivity contribution in [3.8, 4) is 17.2 Å². The first-order chi connectivity index (χ1) is 18.3. The number of nitro benzene ring substituents is 1. The molecule has 0 spiro atoms. The number of methoxy groups -OCH3 is 2. The van der Waals surface area contributed by atoms with Gasteiger partial charge in [-0.3, -0.25) is 10.1 Å². The minimum Gasteiger partial charge on any atom is -0.496 e. The lowest BCUT2D eigenvalue weighted by molar-refractivity contribution is -0.384. The number of aliphatic imine (C=N–C) groups is 1. The molecule has 3 aromatic rings.